The summed E-state index contributed by atoms with van der Waals surface area (Å²) >= 11 is 3.35. The van der Waals surface area contributed by atoms with E-state index in [-0.39, 0.29) is 18.9 Å². The molecular weight excluding hydrogens is 354 g/mol. The van der Waals surface area contributed by atoms with Gasteiger partial charge >= 0.3 is 0 Å². The van der Waals surface area contributed by atoms with Gasteiger partial charge in [0.15, 0.2) is 0 Å². The molecule has 6 heteroatoms. The van der Waals surface area contributed by atoms with Crippen molar-refractivity contribution in [2.24, 2.45) is 0 Å². The Morgan fingerprint density at radius 3 is 2.29 bits per heavy atom. The highest BCUT2D eigenvalue weighted by Gasteiger charge is 2.11. The number of aliphatic hydroxyl groups excluding tert-OH is 1. The molecule has 0 aromatic heterocycles. The Kier molecular flexibility index (Phi) is 5.52. The van der Waals surface area contributed by atoms with Gasteiger partial charge in [-0.1, -0.05) is 52.3 Å². The second kappa shape index (κ2) is 7.17. The van der Waals surface area contributed by atoms with Crippen molar-refractivity contribution in [1.29, 1.82) is 0 Å². The Labute approximate surface area is 133 Å². The number of hydrogen-bond donors (Lipinski definition) is 2. The molecule has 112 valence electrons. The van der Waals surface area contributed by atoms with Gasteiger partial charge in [0, 0.05) is 11.0 Å². The lowest BCUT2D eigenvalue weighted by Gasteiger charge is -2.08. The molecule has 0 aliphatic heterocycles. The Hall–Kier alpha value is -1.21. The van der Waals surface area contributed by atoms with Gasteiger partial charge in [0.25, 0.3) is 0 Å². The molecule has 0 radical (unpaired) electrons. The van der Waals surface area contributed by atoms with Crippen LogP contribution < -0.4 is 4.72 Å². The summed E-state index contributed by atoms with van der Waals surface area (Å²) in [7, 11) is -3.39. The van der Waals surface area contributed by atoms with E-state index in [9.17, 15) is 8.42 Å². The Bertz CT molecular complexity index is 699. The molecule has 0 saturated carbocycles. The molecule has 2 aromatic rings. The molecule has 0 aliphatic rings. The fraction of sp³-hybridized carbons (Fsp3) is 0.200. The summed E-state index contributed by atoms with van der Waals surface area (Å²) in [5.74, 6) is -0.0767. The van der Waals surface area contributed by atoms with Crippen LogP contribution in [0.15, 0.2) is 53.0 Å². The second-order valence-corrected chi connectivity index (χ2v) is 7.41. The highest BCUT2D eigenvalue weighted by Crippen LogP contribution is 2.12. The van der Waals surface area contributed by atoms with Crippen LogP contribution in [0, 0.1) is 0 Å². The van der Waals surface area contributed by atoms with Crippen molar-refractivity contribution >= 4 is 26.0 Å². The molecule has 0 aliphatic carbocycles. The molecule has 0 bridgehead atoms. The average Bonchev–Trinajstić information content (AvgIpc) is 2.46. The van der Waals surface area contributed by atoms with E-state index >= 15 is 0 Å². The summed E-state index contributed by atoms with van der Waals surface area (Å²) in [4.78, 5) is 0. The van der Waals surface area contributed by atoms with Crippen molar-refractivity contribution in [2.45, 2.75) is 18.9 Å². The molecule has 4 nitrogen and oxygen atoms in total. The van der Waals surface area contributed by atoms with Gasteiger partial charge in [-0.25, -0.2) is 13.1 Å². The van der Waals surface area contributed by atoms with Gasteiger partial charge in [0.05, 0.1) is 12.4 Å². The van der Waals surface area contributed by atoms with Gasteiger partial charge < -0.3 is 5.11 Å². The first kappa shape index (κ1) is 16.2. The SMILES string of the molecule is O=S(=O)(Cc1ccc(CO)cc1)NCc1cccc(Br)c1. The third-order valence-corrected chi connectivity index (χ3v) is 4.74. The van der Waals surface area contributed by atoms with Gasteiger partial charge in [0.2, 0.25) is 10.0 Å². The van der Waals surface area contributed by atoms with Crippen molar-refractivity contribution in [3.63, 3.8) is 0 Å². The number of aliphatic hydroxyl groups is 1. The Morgan fingerprint density at radius 1 is 1.00 bits per heavy atom. The number of benzene rings is 2. The largest absolute Gasteiger partial charge is 0.392 e. The maximum atomic E-state index is 12.0. The Balaban J connectivity index is 1.98. The van der Waals surface area contributed by atoms with Gasteiger partial charge in [-0.2, -0.15) is 0 Å². The van der Waals surface area contributed by atoms with Crippen LogP contribution in [0.25, 0.3) is 0 Å². The minimum absolute atomic E-state index is 0.0475. The summed E-state index contributed by atoms with van der Waals surface area (Å²) in [5.41, 5.74) is 2.34. The van der Waals surface area contributed by atoms with E-state index < -0.39 is 10.0 Å². The first-order valence-corrected chi connectivity index (χ1v) is 8.83. The quantitative estimate of drug-likeness (QED) is 0.822. The standard InChI is InChI=1S/C15H16BrNO3S/c16-15-3-1-2-14(8-15)9-17-21(19,20)11-13-6-4-12(10-18)5-7-13/h1-8,17-18H,9-11H2. The smallest absolute Gasteiger partial charge is 0.216 e. The van der Waals surface area contributed by atoms with E-state index in [1.807, 2.05) is 24.3 Å². The first-order valence-electron chi connectivity index (χ1n) is 6.39. The highest BCUT2D eigenvalue weighted by atomic mass is 79.9. The summed E-state index contributed by atoms with van der Waals surface area (Å²) in [6.45, 7) is 0.213. The van der Waals surface area contributed by atoms with Crippen LogP contribution in [0.5, 0.6) is 0 Å². The van der Waals surface area contributed by atoms with Crippen molar-refractivity contribution in [1.82, 2.24) is 4.72 Å². The van der Waals surface area contributed by atoms with Crippen molar-refractivity contribution in [2.75, 3.05) is 0 Å². The van der Waals surface area contributed by atoms with Crippen LogP contribution in [0.1, 0.15) is 16.7 Å². The number of hydrogen-bond acceptors (Lipinski definition) is 3. The summed E-state index contributed by atoms with van der Waals surface area (Å²) in [5, 5.41) is 8.96. The fourth-order valence-electron chi connectivity index (χ4n) is 1.85. The molecule has 21 heavy (non-hydrogen) atoms. The van der Waals surface area contributed by atoms with Gasteiger partial charge in [-0.05, 0) is 28.8 Å². The number of rotatable bonds is 6. The van der Waals surface area contributed by atoms with Crippen LogP contribution >= 0.6 is 15.9 Å². The summed E-state index contributed by atoms with van der Waals surface area (Å²) < 4.78 is 27.6. The molecule has 2 N–H and O–H groups in total. The van der Waals surface area contributed by atoms with E-state index in [4.69, 9.17) is 5.11 Å². The topological polar surface area (TPSA) is 66.4 Å². The summed E-state index contributed by atoms with van der Waals surface area (Å²) in [6.07, 6.45) is 0. The maximum absolute atomic E-state index is 12.0. The lowest BCUT2D eigenvalue weighted by molar-refractivity contribution is 0.282. The average molecular weight is 370 g/mol. The van der Waals surface area contributed by atoms with E-state index in [0.29, 0.717) is 5.56 Å². The molecule has 0 saturated heterocycles. The fourth-order valence-corrected chi connectivity index (χ4v) is 3.42. The van der Waals surface area contributed by atoms with Crippen LogP contribution in [0.4, 0.5) is 0 Å². The molecule has 0 atom stereocenters. The van der Waals surface area contributed by atoms with Crippen LogP contribution in [-0.4, -0.2) is 13.5 Å². The third kappa shape index (κ3) is 5.24. The zero-order chi connectivity index (χ0) is 15.3. The summed E-state index contributed by atoms with van der Waals surface area (Å²) in [6, 6.07) is 14.4. The van der Waals surface area contributed by atoms with Crippen molar-refractivity contribution in [3.8, 4) is 0 Å². The second-order valence-electron chi connectivity index (χ2n) is 4.68. The van der Waals surface area contributed by atoms with Crippen LogP contribution in [0.2, 0.25) is 0 Å². The zero-order valence-electron chi connectivity index (χ0n) is 11.3. The number of halogens is 1. The van der Waals surface area contributed by atoms with Crippen molar-refractivity contribution in [3.05, 3.63) is 69.7 Å². The van der Waals surface area contributed by atoms with Gasteiger partial charge in [-0.15, -0.1) is 0 Å². The van der Waals surface area contributed by atoms with E-state index in [1.165, 1.54) is 0 Å². The molecule has 0 spiro atoms. The first-order chi connectivity index (χ1) is 9.98. The van der Waals surface area contributed by atoms with E-state index in [0.717, 1.165) is 15.6 Å². The maximum Gasteiger partial charge on any atom is 0.216 e. The molecule has 2 aromatic carbocycles. The lowest BCUT2D eigenvalue weighted by atomic mass is 10.2. The third-order valence-electron chi connectivity index (χ3n) is 2.95. The lowest BCUT2D eigenvalue weighted by Crippen LogP contribution is -2.24. The normalized spacial score (nSPS) is 11.5. The molecular formula is C15H16BrNO3S. The predicted molar refractivity (Wildman–Crippen MR) is 86.0 cm³/mol. The minimum Gasteiger partial charge on any atom is -0.392 e. The number of nitrogens with one attached hydrogen (secondary N) is 1. The highest BCUT2D eigenvalue weighted by molar-refractivity contribution is 9.10. The van der Waals surface area contributed by atoms with Gasteiger partial charge in [0.1, 0.15) is 0 Å². The van der Waals surface area contributed by atoms with Crippen molar-refractivity contribution < 1.29 is 13.5 Å². The monoisotopic (exact) mass is 369 g/mol. The van der Waals surface area contributed by atoms with E-state index in [1.54, 1.807) is 24.3 Å². The molecule has 0 fully saturated rings. The van der Waals surface area contributed by atoms with Crippen LogP contribution in [0.3, 0.4) is 0 Å². The molecule has 0 unspecified atom stereocenters. The predicted octanol–water partition coefficient (Wildman–Crippen LogP) is 2.56. The number of sulfonamides is 1. The Morgan fingerprint density at radius 2 is 1.67 bits per heavy atom. The van der Waals surface area contributed by atoms with Gasteiger partial charge in [-0.3, -0.25) is 0 Å². The van der Waals surface area contributed by atoms with E-state index in [2.05, 4.69) is 20.7 Å². The van der Waals surface area contributed by atoms with Crippen LogP contribution in [-0.2, 0) is 28.9 Å². The zero-order valence-corrected chi connectivity index (χ0v) is 13.7. The molecule has 0 heterocycles. The molecule has 0 amide bonds. The minimum atomic E-state index is -3.39. The molecule has 2 rings (SSSR count).